The van der Waals surface area contributed by atoms with Gasteiger partial charge in [0, 0.05) is 12.3 Å². The third-order valence-corrected chi connectivity index (χ3v) is 3.69. The van der Waals surface area contributed by atoms with Crippen LogP contribution >= 0.6 is 0 Å². The topological polar surface area (TPSA) is 26.3 Å². The van der Waals surface area contributed by atoms with E-state index in [1.54, 1.807) is 0 Å². The van der Waals surface area contributed by atoms with Gasteiger partial charge in [0.25, 0.3) is 0 Å². The molecule has 0 unspecified atom stereocenters. The zero-order valence-corrected chi connectivity index (χ0v) is 12.5. The molecule has 0 saturated heterocycles. The van der Waals surface area contributed by atoms with Crippen LogP contribution in [0.25, 0.3) is 10.8 Å². The predicted octanol–water partition coefficient (Wildman–Crippen LogP) is 4.84. The lowest BCUT2D eigenvalue weighted by Gasteiger charge is -2.13. The molecule has 0 amide bonds. The van der Waals surface area contributed by atoms with Crippen LogP contribution in [-0.4, -0.2) is 12.6 Å². The van der Waals surface area contributed by atoms with E-state index in [2.05, 4.69) is 43.0 Å². The van der Waals surface area contributed by atoms with Gasteiger partial charge in [-0.15, -0.1) is 6.58 Å². The van der Waals surface area contributed by atoms with Gasteiger partial charge in [-0.1, -0.05) is 48.5 Å². The summed E-state index contributed by atoms with van der Waals surface area (Å²) in [7, 11) is 0. The van der Waals surface area contributed by atoms with Crippen molar-refractivity contribution in [2.45, 2.75) is 32.1 Å². The molecule has 110 valence electrons. The van der Waals surface area contributed by atoms with Gasteiger partial charge in [0.2, 0.25) is 0 Å². The number of rotatable bonds is 7. The van der Waals surface area contributed by atoms with Crippen molar-refractivity contribution in [1.29, 1.82) is 0 Å². The minimum atomic E-state index is -0.112. The highest BCUT2D eigenvalue weighted by Gasteiger charge is 2.10. The van der Waals surface area contributed by atoms with Gasteiger partial charge in [0.1, 0.15) is 0 Å². The highest BCUT2D eigenvalue weighted by molar-refractivity contribution is 5.83. The molecule has 21 heavy (non-hydrogen) atoms. The van der Waals surface area contributed by atoms with Crippen LogP contribution in [0.3, 0.4) is 0 Å². The first kappa shape index (κ1) is 15.3. The van der Waals surface area contributed by atoms with Crippen molar-refractivity contribution >= 4 is 16.7 Å². The molecular formula is C19H22O2. The third-order valence-electron chi connectivity index (χ3n) is 3.69. The van der Waals surface area contributed by atoms with Gasteiger partial charge < -0.3 is 4.74 Å². The standard InChI is InChI=1S/C19H22O2/c1-3-15(10-7-11-19(20)21-4-2)18-13-12-16-8-5-6-9-17(16)14-18/h3,5-6,8-9,12-15H,1,4,7,10-11H2,2H3/t15-/m1/s1. The van der Waals surface area contributed by atoms with E-state index in [1.165, 1.54) is 16.3 Å². The van der Waals surface area contributed by atoms with Gasteiger partial charge in [-0.3, -0.25) is 4.79 Å². The fraction of sp³-hybridized carbons (Fsp3) is 0.316. The van der Waals surface area contributed by atoms with Crippen LogP contribution in [0.5, 0.6) is 0 Å². The zero-order chi connectivity index (χ0) is 15.1. The highest BCUT2D eigenvalue weighted by atomic mass is 16.5. The van der Waals surface area contributed by atoms with Gasteiger partial charge in [0.15, 0.2) is 0 Å². The quantitative estimate of drug-likeness (QED) is 0.536. The van der Waals surface area contributed by atoms with Crippen LogP contribution in [0.2, 0.25) is 0 Å². The molecule has 2 aromatic rings. The maximum absolute atomic E-state index is 11.4. The molecule has 0 saturated carbocycles. The number of fused-ring (bicyclic) bond motifs is 1. The molecule has 1 atom stereocenters. The van der Waals surface area contributed by atoms with E-state index in [9.17, 15) is 4.79 Å². The molecule has 2 aromatic carbocycles. The number of hydrogen-bond acceptors (Lipinski definition) is 2. The average molecular weight is 282 g/mol. The van der Waals surface area contributed by atoms with Gasteiger partial charge in [-0.25, -0.2) is 0 Å². The molecule has 2 heteroatoms. The monoisotopic (exact) mass is 282 g/mol. The SMILES string of the molecule is C=C[C@H](CCCC(=O)OCC)c1ccc2ccccc2c1. The molecule has 0 N–H and O–H groups in total. The number of allylic oxidation sites excluding steroid dienone is 1. The molecule has 2 nitrogen and oxygen atoms in total. The molecular weight excluding hydrogens is 260 g/mol. The summed E-state index contributed by atoms with van der Waals surface area (Å²) in [6, 6.07) is 14.8. The van der Waals surface area contributed by atoms with Crippen LogP contribution < -0.4 is 0 Å². The summed E-state index contributed by atoms with van der Waals surface area (Å²) in [6.45, 7) is 6.22. The highest BCUT2D eigenvalue weighted by Crippen LogP contribution is 2.26. The van der Waals surface area contributed by atoms with Crippen LogP contribution in [0.15, 0.2) is 55.1 Å². The Hall–Kier alpha value is -2.09. The van der Waals surface area contributed by atoms with Crippen molar-refractivity contribution in [1.82, 2.24) is 0 Å². The van der Waals surface area contributed by atoms with E-state index in [0.717, 1.165) is 12.8 Å². The first-order chi connectivity index (χ1) is 10.2. The van der Waals surface area contributed by atoms with Crippen molar-refractivity contribution in [3.63, 3.8) is 0 Å². The van der Waals surface area contributed by atoms with E-state index in [0.29, 0.717) is 13.0 Å². The number of benzene rings is 2. The van der Waals surface area contributed by atoms with E-state index in [-0.39, 0.29) is 11.9 Å². The van der Waals surface area contributed by atoms with Crippen LogP contribution in [0.1, 0.15) is 37.7 Å². The van der Waals surface area contributed by atoms with Crippen LogP contribution in [0.4, 0.5) is 0 Å². The molecule has 0 bridgehead atoms. The van der Waals surface area contributed by atoms with E-state index in [4.69, 9.17) is 4.74 Å². The first-order valence-corrected chi connectivity index (χ1v) is 7.51. The second kappa shape index (κ2) is 7.63. The van der Waals surface area contributed by atoms with E-state index < -0.39 is 0 Å². The van der Waals surface area contributed by atoms with Gasteiger partial charge >= 0.3 is 5.97 Å². The molecule has 2 rings (SSSR count). The van der Waals surface area contributed by atoms with E-state index >= 15 is 0 Å². The molecule has 0 fully saturated rings. The average Bonchev–Trinajstić information content (AvgIpc) is 2.51. The largest absolute Gasteiger partial charge is 0.466 e. The lowest BCUT2D eigenvalue weighted by Crippen LogP contribution is -2.04. The summed E-state index contributed by atoms with van der Waals surface area (Å²) in [5, 5.41) is 2.49. The Morgan fingerprint density at radius 1 is 1.24 bits per heavy atom. The lowest BCUT2D eigenvalue weighted by molar-refractivity contribution is -0.143. The van der Waals surface area contributed by atoms with Crippen LogP contribution in [0, 0.1) is 0 Å². The molecule has 0 heterocycles. The molecule has 0 spiro atoms. The van der Waals surface area contributed by atoms with Crippen molar-refractivity contribution in [3.8, 4) is 0 Å². The summed E-state index contributed by atoms with van der Waals surface area (Å²) in [6.07, 6.45) is 4.18. The fourth-order valence-electron chi connectivity index (χ4n) is 2.56. The lowest BCUT2D eigenvalue weighted by atomic mass is 9.92. The summed E-state index contributed by atoms with van der Waals surface area (Å²) in [5.41, 5.74) is 1.26. The third kappa shape index (κ3) is 4.19. The first-order valence-electron chi connectivity index (χ1n) is 7.51. The minimum Gasteiger partial charge on any atom is -0.466 e. The molecule has 0 radical (unpaired) electrons. The second-order valence-corrected chi connectivity index (χ2v) is 5.15. The van der Waals surface area contributed by atoms with Crippen LogP contribution in [-0.2, 0) is 9.53 Å². The fourth-order valence-corrected chi connectivity index (χ4v) is 2.56. The van der Waals surface area contributed by atoms with Crippen molar-refractivity contribution in [2.24, 2.45) is 0 Å². The smallest absolute Gasteiger partial charge is 0.305 e. The molecule has 0 aliphatic carbocycles. The summed E-state index contributed by atoms with van der Waals surface area (Å²) in [4.78, 5) is 11.4. The van der Waals surface area contributed by atoms with Crippen molar-refractivity contribution in [3.05, 3.63) is 60.7 Å². The predicted molar refractivity (Wildman–Crippen MR) is 87.4 cm³/mol. The van der Waals surface area contributed by atoms with Crippen molar-refractivity contribution < 1.29 is 9.53 Å². The number of carbonyl (C=O) groups is 1. The molecule has 0 aliphatic rings. The summed E-state index contributed by atoms with van der Waals surface area (Å²) in [5.74, 6) is 0.169. The maximum Gasteiger partial charge on any atom is 0.305 e. The van der Waals surface area contributed by atoms with Crippen molar-refractivity contribution in [2.75, 3.05) is 6.61 Å². The Labute approximate surface area is 126 Å². The molecule has 0 aromatic heterocycles. The Morgan fingerprint density at radius 3 is 2.71 bits per heavy atom. The Kier molecular flexibility index (Phi) is 5.56. The Balaban J connectivity index is 2.02. The summed E-state index contributed by atoms with van der Waals surface area (Å²) < 4.78 is 4.96. The second-order valence-electron chi connectivity index (χ2n) is 5.15. The van der Waals surface area contributed by atoms with Gasteiger partial charge in [-0.2, -0.15) is 0 Å². The normalized spacial score (nSPS) is 12.0. The Bertz CT molecular complexity index is 616. The van der Waals surface area contributed by atoms with E-state index in [1.807, 2.05) is 19.1 Å². The number of hydrogen-bond donors (Lipinski definition) is 0. The Morgan fingerprint density at radius 2 is 2.00 bits per heavy atom. The number of carbonyl (C=O) groups excluding carboxylic acids is 1. The van der Waals surface area contributed by atoms with Gasteiger partial charge in [0.05, 0.1) is 6.61 Å². The maximum atomic E-state index is 11.4. The minimum absolute atomic E-state index is 0.112. The number of esters is 1. The summed E-state index contributed by atoms with van der Waals surface area (Å²) >= 11 is 0. The van der Waals surface area contributed by atoms with Gasteiger partial charge in [-0.05, 0) is 36.1 Å². The zero-order valence-electron chi connectivity index (χ0n) is 12.5. The molecule has 0 aliphatic heterocycles. The number of ether oxygens (including phenoxy) is 1.